The molecule has 0 saturated heterocycles. The smallest absolute Gasteiger partial charge is 0.422 e. The van der Waals surface area contributed by atoms with E-state index in [4.69, 9.17) is 16.3 Å². The van der Waals surface area contributed by atoms with Crippen molar-refractivity contribution >= 4 is 52.9 Å². The number of hydrogen-bond acceptors (Lipinski definition) is 10. The van der Waals surface area contributed by atoms with Crippen molar-refractivity contribution in [2.75, 3.05) is 23.8 Å². The number of benzene rings is 2. The number of anilines is 3. The molecule has 1 fully saturated rings. The monoisotopic (exact) mass is 720 g/mol. The van der Waals surface area contributed by atoms with Crippen LogP contribution in [0.25, 0.3) is 0 Å². The van der Waals surface area contributed by atoms with Crippen LogP contribution < -0.4 is 31.3 Å². The molecule has 1 atom stereocenters. The van der Waals surface area contributed by atoms with Crippen LogP contribution in [0.15, 0.2) is 48.5 Å². The van der Waals surface area contributed by atoms with Crippen molar-refractivity contribution in [1.29, 1.82) is 0 Å². The van der Waals surface area contributed by atoms with Crippen LogP contribution >= 0.6 is 11.6 Å². The number of rotatable bonds is 16. The van der Waals surface area contributed by atoms with E-state index in [1.54, 1.807) is 12.1 Å². The fourth-order valence-corrected chi connectivity index (χ4v) is 4.89. The number of nitrogens with zero attached hydrogens (tertiary/aromatic N) is 3. The Balaban J connectivity index is 1.40. The normalized spacial score (nSPS) is 13.9. The Kier molecular flexibility index (Phi) is 12.4. The van der Waals surface area contributed by atoms with Gasteiger partial charge in [0.1, 0.15) is 6.04 Å². The van der Waals surface area contributed by atoms with Crippen LogP contribution in [0.1, 0.15) is 61.9 Å². The number of carboxylic acids is 1. The van der Waals surface area contributed by atoms with E-state index in [0.29, 0.717) is 36.4 Å². The summed E-state index contributed by atoms with van der Waals surface area (Å²) in [6, 6.07) is 10.6. The molecule has 1 aliphatic carbocycles. The number of halogens is 4. The summed E-state index contributed by atoms with van der Waals surface area (Å²) < 4.78 is 43.5. The molecular formula is C32H36ClF3N8O6. The highest BCUT2D eigenvalue weighted by Gasteiger charge is 2.45. The van der Waals surface area contributed by atoms with Crippen LogP contribution in [0.3, 0.4) is 0 Å². The number of ether oxygens (including phenoxy) is 1. The highest BCUT2D eigenvalue weighted by molar-refractivity contribution is 6.35. The van der Waals surface area contributed by atoms with Crippen LogP contribution in [-0.2, 0) is 19.9 Å². The van der Waals surface area contributed by atoms with Gasteiger partial charge in [0, 0.05) is 28.9 Å². The number of carboxylic acid groups (broad SMARTS) is 1. The summed E-state index contributed by atoms with van der Waals surface area (Å²) in [4.78, 5) is 61.0. The highest BCUT2D eigenvalue weighted by atomic mass is 35.5. The average Bonchev–Trinajstić information content (AvgIpc) is 3.85. The third kappa shape index (κ3) is 10.9. The van der Waals surface area contributed by atoms with Gasteiger partial charge in [0.2, 0.25) is 11.9 Å². The third-order valence-corrected chi connectivity index (χ3v) is 7.98. The first-order valence-corrected chi connectivity index (χ1v) is 16.1. The number of carbonyl (C=O) groups excluding carboxylic acids is 3. The molecule has 18 heteroatoms. The number of nitrogens with one attached hydrogen (secondary N) is 5. The van der Waals surface area contributed by atoms with Crippen molar-refractivity contribution in [3.8, 4) is 6.01 Å². The van der Waals surface area contributed by atoms with Gasteiger partial charge in [-0.25, -0.2) is 4.79 Å². The molecule has 4 rings (SSSR count). The van der Waals surface area contributed by atoms with E-state index in [1.165, 1.54) is 24.3 Å². The Bertz CT molecular complexity index is 1670. The first-order valence-electron chi connectivity index (χ1n) is 15.7. The fraction of sp³-hybridized carbons (Fsp3) is 0.406. The van der Waals surface area contributed by atoms with Crippen LogP contribution in [0.2, 0.25) is 5.02 Å². The number of aromatic nitrogens is 3. The minimum absolute atomic E-state index is 0.0363. The second-order valence-electron chi connectivity index (χ2n) is 11.5. The average molecular weight is 721 g/mol. The Hall–Kier alpha value is -5.19. The van der Waals surface area contributed by atoms with Gasteiger partial charge in [0.05, 0.1) is 5.54 Å². The van der Waals surface area contributed by atoms with Gasteiger partial charge in [0.15, 0.2) is 6.61 Å². The summed E-state index contributed by atoms with van der Waals surface area (Å²) in [6.45, 7) is 1.92. The molecule has 1 saturated carbocycles. The number of aliphatic carboxylic acids is 1. The molecule has 2 aromatic carbocycles. The molecule has 3 aromatic rings. The lowest BCUT2D eigenvalue weighted by molar-refractivity contribution is -0.154. The zero-order chi connectivity index (χ0) is 36.5. The van der Waals surface area contributed by atoms with E-state index >= 15 is 0 Å². The molecule has 0 aliphatic heterocycles. The summed E-state index contributed by atoms with van der Waals surface area (Å²) in [5, 5.41) is 23.5. The zero-order valence-electron chi connectivity index (χ0n) is 27.1. The standard InChI is InChI=1S/C32H36ClF3N8O6/c1-3-21(4-2)38-26(47)25(46)37-16-13-23(27(48)49)40-24(45)18-5-11-22(12-6-18)39-28-41-29(43-30(42-28)50-17-32(34,35)36)44-31(14-15-31)19-7-9-20(33)10-8-19/h5-12,21,23H,3-4,13-17H2,1-2H3,(H,37,46)(H,38,47)(H,40,45)(H,48,49)(H2,39,41,42,43,44)/t23-/m0/s1. The summed E-state index contributed by atoms with van der Waals surface area (Å²) >= 11 is 6.01. The zero-order valence-corrected chi connectivity index (χ0v) is 27.8. The first kappa shape index (κ1) is 37.6. The topological polar surface area (TPSA) is 197 Å². The van der Waals surface area contributed by atoms with E-state index in [0.717, 1.165) is 5.56 Å². The van der Waals surface area contributed by atoms with Gasteiger partial charge in [-0.05, 0) is 74.1 Å². The molecule has 6 N–H and O–H groups in total. The summed E-state index contributed by atoms with van der Waals surface area (Å²) in [5.41, 5.74) is 0.753. The van der Waals surface area contributed by atoms with Crippen molar-refractivity contribution in [3.63, 3.8) is 0 Å². The van der Waals surface area contributed by atoms with Gasteiger partial charge in [0.25, 0.3) is 5.91 Å². The van der Waals surface area contributed by atoms with E-state index in [1.807, 2.05) is 26.0 Å². The van der Waals surface area contributed by atoms with Gasteiger partial charge in [-0.3, -0.25) is 14.4 Å². The number of amides is 3. The number of alkyl halides is 3. The Morgan fingerprint density at radius 1 is 0.920 bits per heavy atom. The molecule has 1 aliphatic rings. The fourth-order valence-electron chi connectivity index (χ4n) is 4.76. The minimum Gasteiger partial charge on any atom is -0.480 e. The second-order valence-corrected chi connectivity index (χ2v) is 11.9. The van der Waals surface area contributed by atoms with Gasteiger partial charge in [-0.2, -0.15) is 28.1 Å². The van der Waals surface area contributed by atoms with E-state index < -0.39 is 54.1 Å². The minimum atomic E-state index is -4.64. The lowest BCUT2D eigenvalue weighted by atomic mass is 10.1. The predicted octanol–water partition coefficient (Wildman–Crippen LogP) is 4.31. The van der Waals surface area contributed by atoms with Crippen LogP contribution in [0.4, 0.5) is 30.8 Å². The SMILES string of the molecule is CCC(CC)NC(=O)C(=O)NCC[C@H](NC(=O)c1ccc(Nc2nc(NC3(c4ccc(Cl)cc4)CC3)nc(OCC(F)(F)F)n2)cc1)C(=O)O. The molecule has 50 heavy (non-hydrogen) atoms. The molecule has 268 valence electrons. The summed E-state index contributed by atoms with van der Waals surface area (Å²) in [7, 11) is 0. The van der Waals surface area contributed by atoms with Crippen LogP contribution in [-0.4, -0.2) is 75.2 Å². The lowest BCUT2D eigenvalue weighted by Gasteiger charge is -2.19. The van der Waals surface area contributed by atoms with Gasteiger partial charge >= 0.3 is 30.0 Å². The summed E-state index contributed by atoms with van der Waals surface area (Å²) in [6.07, 6.45) is -2.14. The van der Waals surface area contributed by atoms with Crippen molar-refractivity contribution in [3.05, 3.63) is 64.7 Å². The van der Waals surface area contributed by atoms with Crippen molar-refractivity contribution < 1.29 is 42.2 Å². The number of hydrogen-bond donors (Lipinski definition) is 6. The predicted molar refractivity (Wildman–Crippen MR) is 176 cm³/mol. The Morgan fingerprint density at radius 3 is 2.14 bits per heavy atom. The third-order valence-electron chi connectivity index (χ3n) is 7.73. The van der Waals surface area contributed by atoms with Gasteiger partial charge in [-0.1, -0.05) is 37.6 Å². The molecule has 14 nitrogen and oxygen atoms in total. The largest absolute Gasteiger partial charge is 0.480 e. The Labute approximate surface area is 290 Å². The molecular weight excluding hydrogens is 685 g/mol. The maximum absolute atomic E-state index is 12.9. The molecule has 0 radical (unpaired) electrons. The molecule has 0 unspecified atom stereocenters. The Morgan fingerprint density at radius 2 is 1.56 bits per heavy atom. The van der Waals surface area contributed by atoms with E-state index in [2.05, 4.69) is 41.5 Å². The quantitative estimate of drug-likeness (QED) is 0.115. The molecule has 1 aromatic heterocycles. The molecule has 3 amide bonds. The highest BCUT2D eigenvalue weighted by Crippen LogP contribution is 2.48. The van der Waals surface area contributed by atoms with Crippen LogP contribution in [0.5, 0.6) is 6.01 Å². The number of carbonyl (C=O) groups is 4. The maximum Gasteiger partial charge on any atom is 0.422 e. The molecule has 0 spiro atoms. The van der Waals surface area contributed by atoms with Gasteiger partial charge in [-0.15, -0.1) is 0 Å². The maximum atomic E-state index is 12.9. The van der Waals surface area contributed by atoms with Crippen molar-refractivity contribution in [2.45, 2.75) is 69.8 Å². The van der Waals surface area contributed by atoms with Crippen molar-refractivity contribution in [1.82, 2.24) is 30.9 Å². The first-order chi connectivity index (χ1) is 23.7. The van der Waals surface area contributed by atoms with Crippen LogP contribution in [0, 0.1) is 0 Å². The lowest BCUT2D eigenvalue weighted by Crippen LogP contribution is -2.46. The van der Waals surface area contributed by atoms with Crippen molar-refractivity contribution in [2.24, 2.45) is 0 Å². The van der Waals surface area contributed by atoms with E-state index in [9.17, 15) is 37.5 Å². The molecule has 0 bridgehead atoms. The summed E-state index contributed by atoms with van der Waals surface area (Å²) in [5.74, 6) is -4.00. The van der Waals surface area contributed by atoms with Gasteiger partial charge < -0.3 is 36.4 Å². The molecule has 1 heterocycles. The van der Waals surface area contributed by atoms with E-state index in [-0.39, 0.29) is 36.5 Å². The second kappa shape index (κ2) is 16.5.